The summed E-state index contributed by atoms with van der Waals surface area (Å²) in [5, 5.41) is 0. The van der Waals surface area contributed by atoms with Crippen LogP contribution in [0, 0.1) is 0 Å². The number of benzene rings is 1. The zero-order chi connectivity index (χ0) is 12.3. The van der Waals surface area contributed by atoms with E-state index in [0.29, 0.717) is 5.76 Å². The van der Waals surface area contributed by atoms with Crippen LogP contribution in [0.15, 0.2) is 36.6 Å². The lowest BCUT2D eigenvalue weighted by Gasteiger charge is -2.18. The maximum atomic E-state index is 5.65. The maximum Gasteiger partial charge on any atom is 0.135 e. The molecule has 2 heteroatoms. The van der Waals surface area contributed by atoms with Crippen LogP contribution in [-0.2, 0) is 6.42 Å². The third kappa shape index (κ3) is 2.77. The highest BCUT2D eigenvalue weighted by atomic mass is 16.5. The number of hydrogen-bond acceptors (Lipinski definition) is 2. The van der Waals surface area contributed by atoms with E-state index in [1.807, 2.05) is 6.08 Å². The predicted octanol–water partition coefficient (Wildman–Crippen LogP) is 3.28. The number of aryl methyl sites for hydroxylation is 1. The average molecular weight is 229 g/mol. The zero-order valence-corrected chi connectivity index (χ0v) is 10.3. The minimum atomic E-state index is 0.717. The molecule has 1 aliphatic rings. The van der Waals surface area contributed by atoms with Crippen LogP contribution in [-0.4, -0.2) is 6.54 Å². The molecule has 2 N–H and O–H groups in total. The summed E-state index contributed by atoms with van der Waals surface area (Å²) in [6, 6.07) is 6.42. The lowest BCUT2D eigenvalue weighted by atomic mass is 9.99. The van der Waals surface area contributed by atoms with Crippen LogP contribution in [0.4, 0.5) is 0 Å². The first-order valence-corrected chi connectivity index (χ1v) is 6.09. The summed E-state index contributed by atoms with van der Waals surface area (Å²) in [4.78, 5) is 0. The van der Waals surface area contributed by atoms with Crippen LogP contribution in [0.3, 0.4) is 0 Å². The first kappa shape index (κ1) is 11.9. The predicted molar refractivity (Wildman–Crippen MR) is 71.9 cm³/mol. The van der Waals surface area contributed by atoms with Crippen molar-refractivity contribution in [3.8, 4) is 5.75 Å². The molecule has 1 aliphatic heterocycles. The Morgan fingerprint density at radius 3 is 2.88 bits per heavy atom. The second-order valence-corrected chi connectivity index (χ2v) is 4.47. The van der Waals surface area contributed by atoms with Gasteiger partial charge in [0.2, 0.25) is 0 Å². The van der Waals surface area contributed by atoms with Crippen LogP contribution in [0.25, 0.3) is 5.57 Å². The van der Waals surface area contributed by atoms with Crippen LogP contribution < -0.4 is 10.5 Å². The van der Waals surface area contributed by atoms with Crippen LogP contribution >= 0.6 is 0 Å². The van der Waals surface area contributed by atoms with Gasteiger partial charge >= 0.3 is 0 Å². The normalized spacial score (nSPS) is 14.0. The maximum absolute atomic E-state index is 5.65. The van der Waals surface area contributed by atoms with E-state index >= 15 is 0 Å². The summed E-state index contributed by atoms with van der Waals surface area (Å²) in [5.74, 6) is 1.65. The van der Waals surface area contributed by atoms with Gasteiger partial charge in [-0.2, -0.15) is 0 Å². The fraction of sp³-hybridized carbons (Fsp3) is 0.333. The number of nitrogens with two attached hydrogens (primary N) is 1. The van der Waals surface area contributed by atoms with Gasteiger partial charge in [-0.05, 0) is 56.0 Å². The van der Waals surface area contributed by atoms with Gasteiger partial charge < -0.3 is 10.5 Å². The molecule has 0 aliphatic carbocycles. The minimum Gasteiger partial charge on any atom is -0.457 e. The Kier molecular flexibility index (Phi) is 3.64. The highest BCUT2D eigenvalue weighted by molar-refractivity contribution is 5.73. The van der Waals surface area contributed by atoms with Crippen molar-refractivity contribution < 1.29 is 4.74 Å². The van der Waals surface area contributed by atoms with Crippen LogP contribution in [0.1, 0.15) is 30.9 Å². The van der Waals surface area contributed by atoms with Gasteiger partial charge in [-0.1, -0.05) is 18.7 Å². The zero-order valence-electron chi connectivity index (χ0n) is 10.3. The third-order valence-electron chi connectivity index (χ3n) is 3.01. The molecule has 90 valence electrons. The van der Waals surface area contributed by atoms with E-state index in [1.165, 1.54) is 16.7 Å². The quantitative estimate of drug-likeness (QED) is 0.804. The van der Waals surface area contributed by atoms with E-state index in [2.05, 4.69) is 31.7 Å². The van der Waals surface area contributed by atoms with Crippen molar-refractivity contribution >= 4 is 5.57 Å². The molecule has 0 amide bonds. The lowest BCUT2D eigenvalue weighted by molar-refractivity contribution is 0.440. The number of unbranched alkanes of at least 4 members (excludes halogenated alkanes) is 1. The van der Waals surface area contributed by atoms with Gasteiger partial charge in [0.15, 0.2) is 0 Å². The number of rotatable bonds is 4. The van der Waals surface area contributed by atoms with E-state index in [9.17, 15) is 0 Å². The molecule has 0 spiro atoms. The fourth-order valence-electron chi connectivity index (χ4n) is 2.10. The van der Waals surface area contributed by atoms with Crippen molar-refractivity contribution in [2.75, 3.05) is 6.54 Å². The smallest absolute Gasteiger partial charge is 0.135 e. The van der Waals surface area contributed by atoms with Crippen molar-refractivity contribution in [2.24, 2.45) is 5.73 Å². The van der Waals surface area contributed by atoms with Gasteiger partial charge in [0.1, 0.15) is 11.5 Å². The largest absolute Gasteiger partial charge is 0.457 e. The highest BCUT2D eigenvalue weighted by Gasteiger charge is 2.13. The Hall–Kier alpha value is -1.54. The molecule has 0 unspecified atom stereocenters. The van der Waals surface area contributed by atoms with Crippen LogP contribution in [0.2, 0.25) is 0 Å². The molecule has 17 heavy (non-hydrogen) atoms. The topological polar surface area (TPSA) is 35.2 Å². The Morgan fingerprint density at radius 1 is 1.29 bits per heavy atom. The van der Waals surface area contributed by atoms with Crippen molar-refractivity contribution in [3.05, 3.63) is 47.7 Å². The molecular formula is C15H19NO. The summed E-state index contributed by atoms with van der Waals surface area (Å²) in [5.41, 5.74) is 9.18. The third-order valence-corrected chi connectivity index (χ3v) is 3.01. The summed E-state index contributed by atoms with van der Waals surface area (Å²) in [6.45, 7) is 6.70. The lowest BCUT2D eigenvalue weighted by Crippen LogP contribution is -2.02. The molecule has 2 rings (SSSR count). The van der Waals surface area contributed by atoms with E-state index in [1.54, 1.807) is 0 Å². The van der Waals surface area contributed by atoms with E-state index in [4.69, 9.17) is 10.5 Å². The minimum absolute atomic E-state index is 0.717. The van der Waals surface area contributed by atoms with Gasteiger partial charge in [0.25, 0.3) is 0 Å². The Balaban J connectivity index is 2.17. The van der Waals surface area contributed by atoms with Gasteiger partial charge in [0, 0.05) is 5.56 Å². The van der Waals surface area contributed by atoms with E-state index in [0.717, 1.165) is 31.6 Å². The molecule has 1 aromatic carbocycles. The van der Waals surface area contributed by atoms with Crippen LogP contribution in [0.5, 0.6) is 5.75 Å². The summed E-state index contributed by atoms with van der Waals surface area (Å²) < 4.78 is 5.65. The van der Waals surface area contributed by atoms with Crippen molar-refractivity contribution in [1.82, 2.24) is 0 Å². The SMILES string of the molecule is C=C1C=C(C)c2ccc(CCCCN)cc2O1. The van der Waals surface area contributed by atoms with Crippen molar-refractivity contribution in [2.45, 2.75) is 26.2 Å². The number of allylic oxidation sites excluding steroid dienone is 2. The van der Waals surface area contributed by atoms with Gasteiger partial charge in [-0.3, -0.25) is 0 Å². The molecule has 0 fully saturated rings. The van der Waals surface area contributed by atoms with Gasteiger partial charge in [-0.25, -0.2) is 0 Å². The first-order chi connectivity index (χ1) is 8.20. The van der Waals surface area contributed by atoms with E-state index < -0.39 is 0 Å². The molecule has 0 saturated heterocycles. The van der Waals surface area contributed by atoms with Gasteiger partial charge in [-0.15, -0.1) is 0 Å². The first-order valence-electron chi connectivity index (χ1n) is 6.09. The van der Waals surface area contributed by atoms with Crippen molar-refractivity contribution in [1.29, 1.82) is 0 Å². The molecule has 0 saturated carbocycles. The number of ether oxygens (including phenoxy) is 1. The standard InChI is InChI=1S/C15H19NO/c1-11-9-12(2)17-15-10-13(5-3-4-8-16)6-7-14(11)15/h6-7,9-10H,2-5,8,16H2,1H3. The Bertz CT molecular complexity index is 460. The summed E-state index contributed by atoms with van der Waals surface area (Å²) in [6.07, 6.45) is 5.23. The molecule has 0 radical (unpaired) electrons. The van der Waals surface area contributed by atoms with E-state index in [-0.39, 0.29) is 0 Å². The molecule has 1 aromatic rings. The number of fused-ring (bicyclic) bond motifs is 1. The van der Waals surface area contributed by atoms with Crippen molar-refractivity contribution in [3.63, 3.8) is 0 Å². The molecule has 0 aromatic heterocycles. The molecule has 0 bridgehead atoms. The Morgan fingerprint density at radius 2 is 2.12 bits per heavy atom. The summed E-state index contributed by atoms with van der Waals surface area (Å²) >= 11 is 0. The number of hydrogen-bond donors (Lipinski definition) is 1. The molecule has 2 nitrogen and oxygen atoms in total. The average Bonchev–Trinajstić information content (AvgIpc) is 2.28. The molecular weight excluding hydrogens is 210 g/mol. The monoisotopic (exact) mass is 229 g/mol. The second kappa shape index (κ2) is 5.19. The summed E-state index contributed by atoms with van der Waals surface area (Å²) in [7, 11) is 0. The Labute approximate surface area is 103 Å². The van der Waals surface area contributed by atoms with Gasteiger partial charge in [0.05, 0.1) is 0 Å². The fourth-order valence-corrected chi connectivity index (χ4v) is 2.10. The highest BCUT2D eigenvalue weighted by Crippen LogP contribution is 2.33. The second-order valence-electron chi connectivity index (χ2n) is 4.47. The molecule has 0 atom stereocenters. The molecule has 1 heterocycles.